The molecule has 2 N–H and O–H groups in total. The Labute approximate surface area is 199 Å². The number of nitrogens with zero attached hydrogens (tertiary/aromatic N) is 2. The predicted molar refractivity (Wildman–Crippen MR) is 136 cm³/mol. The van der Waals surface area contributed by atoms with Gasteiger partial charge in [-0.15, -0.1) is 0 Å². The van der Waals surface area contributed by atoms with Crippen LogP contribution in [0.2, 0.25) is 5.02 Å². The predicted octanol–water partition coefficient (Wildman–Crippen LogP) is 5.51. The monoisotopic (exact) mass is 542 g/mol. The number of carbonyl (C=O) groups is 1. The minimum atomic E-state index is -0.209. The average Bonchev–Trinajstić information content (AvgIpc) is 3.12. The van der Waals surface area contributed by atoms with Crippen LogP contribution in [0.1, 0.15) is 11.1 Å². The molecule has 1 aromatic heterocycles. The van der Waals surface area contributed by atoms with Crippen molar-refractivity contribution in [3.63, 3.8) is 0 Å². The molecule has 3 aromatic carbocycles. The number of anilines is 1. The van der Waals surface area contributed by atoms with Crippen LogP contribution in [0.4, 0.5) is 5.69 Å². The van der Waals surface area contributed by atoms with Crippen molar-refractivity contribution in [1.82, 2.24) is 9.99 Å². The van der Waals surface area contributed by atoms with Gasteiger partial charge in [0.2, 0.25) is 0 Å². The van der Waals surface area contributed by atoms with Gasteiger partial charge in [0.25, 0.3) is 5.91 Å². The number of hydrazone groups is 1. The van der Waals surface area contributed by atoms with Gasteiger partial charge in [0.1, 0.15) is 0 Å². The van der Waals surface area contributed by atoms with Crippen molar-refractivity contribution in [1.29, 1.82) is 0 Å². The molecular formula is C24H20ClIN4O. The number of nitrogens with one attached hydrogen (secondary N) is 2. The lowest BCUT2D eigenvalue weighted by Crippen LogP contribution is -2.25. The average molecular weight is 543 g/mol. The van der Waals surface area contributed by atoms with Gasteiger partial charge in [0.05, 0.1) is 12.8 Å². The van der Waals surface area contributed by atoms with E-state index in [1.807, 2.05) is 66.9 Å². The second-order valence-corrected chi connectivity index (χ2v) is 8.69. The fourth-order valence-electron chi connectivity index (χ4n) is 3.26. The van der Waals surface area contributed by atoms with E-state index < -0.39 is 0 Å². The summed E-state index contributed by atoms with van der Waals surface area (Å²) in [5, 5.41) is 9.03. The highest BCUT2D eigenvalue weighted by Crippen LogP contribution is 2.21. The van der Waals surface area contributed by atoms with E-state index >= 15 is 0 Å². The fourth-order valence-corrected chi connectivity index (χ4v) is 3.74. The highest BCUT2D eigenvalue weighted by molar-refractivity contribution is 14.1. The quantitative estimate of drug-likeness (QED) is 0.184. The number of hydrogen-bond donors (Lipinski definition) is 2. The molecule has 0 bridgehead atoms. The summed E-state index contributed by atoms with van der Waals surface area (Å²) in [5.41, 5.74) is 6.68. The van der Waals surface area contributed by atoms with Crippen molar-refractivity contribution in [2.45, 2.75) is 6.54 Å². The van der Waals surface area contributed by atoms with E-state index in [0.29, 0.717) is 0 Å². The van der Waals surface area contributed by atoms with E-state index in [0.717, 1.165) is 42.9 Å². The number of para-hydroxylation sites is 1. The first-order chi connectivity index (χ1) is 15.1. The number of amides is 1. The number of rotatable bonds is 7. The summed E-state index contributed by atoms with van der Waals surface area (Å²) in [6.07, 6.45) is 3.72. The molecule has 0 saturated heterocycles. The Hall–Kier alpha value is -2.84. The Balaban J connectivity index is 1.42. The van der Waals surface area contributed by atoms with Crippen molar-refractivity contribution in [3.8, 4) is 0 Å². The minimum Gasteiger partial charge on any atom is -0.376 e. The van der Waals surface area contributed by atoms with Crippen LogP contribution in [0.25, 0.3) is 10.9 Å². The normalized spacial score (nSPS) is 11.2. The number of benzene rings is 3. The Morgan fingerprint density at radius 3 is 2.55 bits per heavy atom. The van der Waals surface area contributed by atoms with Gasteiger partial charge in [0.15, 0.2) is 0 Å². The molecule has 0 atom stereocenters. The van der Waals surface area contributed by atoms with E-state index in [-0.39, 0.29) is 12.5 Å². The van der Waals surface area contributed by atoms with Crippen LogP contribution in [0.15, 0.2) is 84.1 Å². The maximum absolute atomic E-state index is 12.1. The number of fused-ring (bicyclic) bond motifs is 1. The lowest BCUT2D eigenvalue weighted by atomic mass is 10.2. The van der Waals surface area contributed by atoms with Crippen LogP contribution >= 0.6 is 34.2 Å². The third-order valence-corrected chi connectivity index (χ3v) is 5.75. The molecule has 156 valence electrons. The Bertz CT molecular complexity index is 1220. The molecule has 0 radical (unpaired) electrons. The van der Waals surface area contributed by atoms with Gasteiger partial charge < -0.3 is 9.88 Å². The van der Waals surface area contributed by atoms with Crippen LogP contribution in [0, 0.1) is 3.57 Å². The third-order valence-electron chi connectivity index (χ3n) is 4.78. The van der Waals surface area contributed by atoms with E-state index in [9.17, 15) is 4.79 Å². The van der Waals surface area contributed by atoms with Crippen LogP contribution in [-0.2, 0) is 11.3 Å². The highest BCUT2D eigenvalue weighted by Gasteiger charge is 2.07. The van der Waals surface area contributed by atoms with Crippen LogP contribution in [0.5, 0.6) is 0 Å². The van der Waals surface area contributed by atoms with Crippen LogP contribution < -0.4 is 10.7 Å². The summed E-state index contributed by atoms with van der Waals surface area (Å²) in [5.74, 6) is -0.209. The topological polar surface area (TPSA) is 58.4 Å². The lowest BCUT2D eigenvalue weighted by molar-refractivity contribution is -0.119. The molecule has 7 heteroatoms. The van der Waals surface area contributed by atoms with E-state index in [2.05, 4.69) is 55.1 Å². The standard InChI is InChI=1S/C24H20ClIN4O/c25-19-7-5-17(6-8-19)15-30-16-18(22-3-1-2-4-23(22)30)13-28-29-24(31)14-27-21-11-9-20(26)10-12-21/h1-13,16,27H,14-15H2,(H,29,31)/b28-13-. The second-order valence-electron chi connectivity index (χ2n) is 7.01. The molecule has 1 heterocycles. The van der Waals surface area contributed by atoms with E-state index in [1.54, 1.807) is 6.21 Å². The molecule has 0 aliphatic carbocycles. The summed E-state index contributed by atoms with van der Waals surface area (Å²) < 4.78 is 3.31. The molecule has 5 nitrogen and oxygen atoms in total. The highest BCUT2D eigenvalue weighted by atomic mass is 127. The van der Waals surface area contributed by atoms with Crippen LogP contribution in [-0.4, -0.2) is 23.2 Å². The summed E-state index contributed by atoms with van der Waals surface area (Å²) in [6.45, 7) is 0.869. The van der Waals surface area contributed by atoms with Crippen LogP contribution in [0.3, 0.4) is 0 Å². The van der Waals surface area contributed by atoms with E-state index in [4.69, 9.17) is 11.6 Å². The van der Waals surface area contributed by atoms with Gasteiger partial charge >= 0.3 is 0 Å². The molecule has 0 saturated carbocycles. The Morgan fingerprint density at radius 2 is 1.77 bits per heavy atom. The van der Waals surface area contributed by atoms with Gasteiger partial charge in [0, 0.05) is 43.5 Å². The Kier molecular flexibility index (Phi) is 6.89. The number of hydrogen-bond acceptors (Lipinski definition) is 3. The molecule has 4 aromatic rings. The Morgan fingerprint density at radius 1 is 1.03 bits per heavy atom. The zero-order valence-corrected chi connectivity index (χ0v) is 19.5. The molecule has 31 heavy (non-hydrogen) atoms. The first-order valence-electron chi connectivity index (χ1n) is 9.72. The number of halogens is 2. The smallest absolute Gasteiger partial charge is 0.259 e. The molecule has 0 fully saturated rings. The molecule has 4 rings (SSSR count). The van der Waals surface area contributed by atoms with Crippen molar-refractivity contribution < 1.29 is 4.79 Å². The van der Waals surface area contributed by atoms with Crippen molar-refractivity contribution in [3.05, 3.63) is 98.7 Å². The summed E-state index contributed by atoms with van der Waals surface area (Å²) in [6, 6.07) is 23.8. The number of aromatic nitrogens is 1. The maximum atomic E-state index is 12.1. The van der Waals surface area contributed by atoms with Gasteiger partial charge in [-0.1, -0.05) is 41.9 Å². The second kappa shape index (κ2) is 9.98. The van der Waals surface area contributed by atoms with Gasteiger partial charge in [-0.05, 0) is 70.6 Å². The summed E-state index contributed by atoms with van der Waals surface area (Å²) in [7, 11) is 0. The lowest BCUT2D eigenvalue weighted by Gasteiger charge is -2.05. The molecule has 0 spiro atoms. The molecule has 0 aliphatic heterocycles. The maximum Gasteiger partial charge on any atom is 0.259 e. The zero-order valence-electron chi connectivity index (χ0n) is 16.6. The van der Waals surface area contributed by atoms with Crippen molar-refractivity contribution in [2.24, 2.45) is 5.10 Å². The number of carbonyl (C=O) groups excluding carboxylic acids is 1. The fraction of sp³-hybridized carbons (Fsp3) is 0.0833. The first kappa shape index (κ1) is 21.4. The molecule has 0 unspecified atom stereocenters. The molecule has 1 amide bonds. The third kappa shape index (κ3) is 5.65. The van der Waals surface area contributed by atoms with Gasteiger partial charge in [-0.25, -0.2) is 5.43 Å². The van der Waals surface area contributed by atoms with Gasteiger partial charge in [-0.3, -0.25) is 4.79 Å². The van der Waals surface area contributed by atoms with Crippen molar-refractivity contribution in [2.75, 3.05) is 11.9 Å². The molecular weight excluding hydrogens is 523 g/mol. The first-order valence-corrected chi connectivity index (χ1v) is 11.2. The summed E-state index contributed by atoms with van der Waals surface area (Å²) in [4.78, 5) is 12.1. The van der Waals surface area contributed by atoms with Crippen molar-refractivity contribution >= 4 is 62.9 Å². The summed E-state index contributed by atoms with van der Waals surface area (Å²) >= 11 is 8.24. The molecule has 0 aliphatic rings. The largest absolute Gasteiger partial charge is 0.376 e. The zero-order chi connectivity index (χ0) is 21.6. The van der Waals surface area contributed by atoms with Gasteiger partial charge in [-0.2, -0.15) is 5.10 Å². The van der Waals surface area contributed by atoms with E-state index in [1.165, 1.54) is 0 Å². The SMILES string of the molecule is O=C(CNc1ccc(I)cc1)N/N=C\c1cn(Cc2ccc(Cl)cc2)c2ccccc12. The minimum absolute atomic E-state index is 0.149.